The van der Waals surface area contributed by atoms with Crippen LogP contribution >= 0.6 is 11.6 Å². The minimum Gasteiger partial charge on any atom is -0.321 e. The second kappa shape index (κ2) is 6.58. The lowest BCUT2D eigenvalue weighted by Gasteiger charge is -2.21. The first kappa shape index (κ1) is 16.8. The molecule has 3 aromatic rings. The molecule has 1 atom stereocenters. The summed E-state index contributed by atoms with van der Waals surface area (Å²) in [7, 11) is 0. The zero-order chi connectivity index (χ0) is 18.1. The second-order valence-electron chi connectivity index (χ2n) is 6.33. The van der Waals surface area contributed by atoms with Crippen molar-refractivity contribution in [3.63, 3.8) is 0 Å². The highest BCUT2D eigenvalue weighted by Crippen LogP contribution is 2.29. The highest BCUT2D eigenvalue weighted by atomic mass is 35.5. The smallest absolute Gasteiger partial charge is 0.254 e. The second-order valence-corrected chi connectivity index (χ2v) is 6.68. The Hall–Kier alpha value is -2.65. The SMILES string of the molecule is C[C@@]1(c2cnc(Nc3nc(-n4cccn4)nc(Cl)c3F)cn2)CCNC1. The standard InChI is InChI=1S/C16H16ClFN8/c1-16(3-5-19-9-16)10-7-21-11(8-20-10)23-14-12(18)13(17)24-15(25-14)26-6-2-4-22-26/h2,4,6-8,19H,3,5,9H2,1H3,(H,21,23,24,25)/t16-/m1/s1. The van der Waals surface area contributed by atoms with Gasteiger partial charge in [0.2, 0.25) is 5.82 Å². The molecule has 0 bridgehead atoms. The van der Waals surface area contributed by atoms with Crippen LogP contribution in [-0.2, 0) is 5.41 Å². The van der Waals surface area contributed by atoms with Crippen molar-refractivity contribution in [1.29, 1.82) is 0 Å². The van der Waals surface area contributed by atoms with E-state index in [0.29, 0.717) is 5.82 Å². The molecule has 0 aromatic carbocycles. The lowest BCUT2D eigenvalue weighted by molar-refractivity contribution is 0.505. The maximum atomic E-state index is 14.3. The van der Waals surface area contributed by atoms with E-state index in [0.717, 1.165) is 25.2 Å². The van der Waals surface area contributed by atoms with Gasteiger partial charge in [-0.3, -0.25) is 4.98 Å². The predicted molar refractivity (Wildman–Crippen MR) is 94.3 cm³/mol. The quantitative estimate of drug-likeness (QED) is 0.676. The monoisotopic (exact) mass is 374 g/mol. The molecule has 3 aromatic heterocycles. The Bertz CT molecular complexity index is 907. The molecule has 4 rings (SSSR count). The number of anilines is 2. The highest BCUT2D eigenvalue weighted by Gasteiger charge is 2.32. The Labute approximate surface area is 153 Å². The molecule has 0 aliphatic carbocycles. The third-order valence-electron chi connectivity index (χ3n) is 4.39. The van der Waals surface area contributed by atoms with Crippen LogP contribution in [0, 0.1) is 5.82 Å². The third kappa shape index (κ3) is 3.11. The number of rotatable bonds is 4. The minimum absolute atomic E-state index is 0.0394. The fourth-order valence-corrected chi connectivity index (χ4v) is 3.01. The molecule has 1 aliphatic rings. The van der Waals surface area contributed by atoms with Crippen molar-refractivity contribution in [3.05, 3.63) is 47.5 Å². The van der Waals surface area contributed by atoms with Gasteiger partial charge in [0.15, 0.2) is 11.0 Å². The summed E-state index contributed by atoms with van der Waals surface area (Å²) in [5.41, 5.74) is 0.855. The molecular weight excluding hydrogens is 359 g/mol. The van der Waals surface area contributed by atoms with Gasteiger partial charge in [-0.15, -0.1) is 0 Å². The summed E-state index contributed by atoms with van der Waals surface area (Å²) in [5.74, 6) is -0.340. The van der Waals surface area contributed by atoms with Crippen molar-refractivity contribution >= 4 is 23.2 Å². The van der Waals surface area contributed by atoms with Crippen LogP contribution in [0.1, 0.15) is 19.0 Å². The Morgan fingerprint density at radius 2 is 2.19 bits per heavy atom. The van der Waals surface area contributed by atoms with Crippen LogP contribution in [0.5, 0.6) is 0 Å². The fraction of sp³-hybridized carbons (Fsp3) is 0.312. The van der Waals surface area contributed by atoms with Crippen molar-refractivity contribution < 1.29 is 4.39 Å². The van der Waals surface area contributed by atoms with E-state index in [1.54, 1.807) is 30.9 Å². The highest BCUT2D eigenvalue weighted by molar-refractivity contribution is 6.29. The van der Waals surface area contributed by atoms with E-state index < -0.39 is 5.82 Å². The first-order valence-electron chi connectivity index (χ1n) is 8.08. The molecular formula is C16H16ClFN8. The molecule has 0 spiro atoms. The van der Waals surface area contributed by atoms with Crippen LogP contribution in [0.2, 0.25) is 5.15 Å². The van der Waals surface area contributed by atoms with Crippen LogP contribution in [0.3, 0.4) is 0 Å². The van der Waals surface area contributed by atoms with Gasteiger partial charge in [0.1, 0.15) is 5.82 Å². The van der Waals surface area contributed by atoms with E-state index in [9.17, 15) is 4.39 Å². The number of hydrogen-bond donors (Lipinski definition) is 2. The maximum Gasteiger partial charge on any atom is 0.254 e. The molecule has 4 heterocycles. The van der Waals surface area contributed by atoms with E-state index in [1.807, 2.05) is 0 Å². The normalized spacial score (nSPS) is 19.7. The number of nitrogens with zero attached hydrogens (tertiary/aromatic N) is 6. The van der Waals surface area contributed by atoms with Crippen LogP contribution in [0.15, 0.2) is 30.9 Å². The van der Waals surface area contributed by atoms with Gasteiger partial charge in [0.05, 0.1) is 18.1 Å². The van der Waals surface area contributed by atoms with Gasteiger partial charge in [-0.25, -0.2) is 9.67 Å². The number of aromatic nitrogens is 6. The topological polar surface area (TPSA) is 93.4 Å². The average molecular weight is 375 g/mol. The van der Waals surface area contributed by atoms with E-state index in [1.165, 1.54) is 4.68 Å². The molecule has 26 heavy (non-hydrogen) atoms. The molecule has 1 saturated heterocycles. The van der Waals surface area contributed by atoms with Crippen molar-refractivity contribution in [2.75, 3.05) is 18.4 Å². The molecule has 10 heteroatoms. The van der Waals surface area contributed by atoms with E-state index in [-0.39, 0.29) is 22.3 Å². The van der Waals surface area contributed by atoms with Crippen molar-refractivity contribution in [1.82, 2.24) is 35.0 Å². The summed E-state index contributed by atoms with van der Waals surface area (Å²) in [6.07, 6.45) is 7.46. The Kier molecular flexibility index (Phi) is 4.25. The van der Waals surface area contributed by atoms with Gasteiger partial charge in [-0.2, -0.15) is 19.5 Å². The molecule has 2 N–H and O–H groups in total. The van der Waals surface area contributed by atoms with Crippen LogP contribution in [0.25, 0.3) is 5.95 Å². The van der Waals surface area contributed by atoms with Gasteiger partial charge < -0.3 is 10.6 Å². The first-order valence-corrected chi connectivity index (χ1v) is 8.46. The molecule has 0 amide bonds. The van der Waals surface area contributed by atoms with Gasteiger partial charge >= 0.3 is 0 Å². The fourth-order valence-electron chi connectivity index (χ4n) is 2.84. The Morgan fingerprint density at radius 1 is 1.31 bits per heavy atom. The minimum atomic E-state index is -0.764. The lowest BCUT2D eigenvalue weighted by Crippen LogP contribution is -2.26. The maximum absolute atomic E-state index is 14.3. The molecule has 134 valence electrons. The van der Waals surface area contributed by atoms with Crippen molar-refractivity contribution in [2.45, 2.75) is 18.8 Å². The zero-order valence-electron chi connectivity index (χ0n) is 13.9. The lowest BCUT2D eigenvalue weighted by atomic mass is 9.86. The zero-order valence-corrected chi connectivity index (χ0v) is 14.7. The van der Waals surface area contributed by atoms with E-state index in [4.69, 9.17) is 11.6 Å². The van der Waals surface area contributed by atoms with Crippen molar-refractivity contribution in [2.24, 2.45) is 0 Å². The first-order chi connectivity index (χ1) is 12.5. The van der Waals surface area contributed by atoms with E-state index in [2.05, 4.69) is 42.6 Å². The molecule has 1 aliphatic heterocycles. The molecule has 0 saturated carbocycles. The molecule has 8 nitrogen and oxygen atoms in total. The van der Waals surface area contributed by atoms with Gasteiger partial charge in [0, 0.05) is 24.4 Å². The summed E-state index contributed by atoms with van der Waals surface area (Å²) >= 11 is 5.88. The third-order valence-corrected chi connectivity index (χ3v) is 4.64. The molecule has 1 fully saturated rings. The van der Waals surface area contributed by atoms with Crippen LogP contribution < -0.4 is 10.6 Å². The Balaban J connectivity index is 1.61. The van der Waals surface area contributed by atoms with Gasteiger partial charge in [0.25, 0.3) is 5.95 Å². The number of nitrogens with one attached hydrogen (secondary N) is 2. The average Bonchev–Trinajstić information content (AvgIpc) is 3.32. The van der Waals surface area contributed by atoms with Gasteiger partial charge in [-0.05, 0) is 19.0 Å². The van der Waals surface area contributed by atoms with Crippen LogP contribution in [0.4, 0.5) is 16.0 Å². The van der Waals surface area contributed by atoms with Crippen LogP contribution in [-0.4, -0.2) is 42.8 Å². The predicted octanol–water partition coefficient (Wildman–Crippen LogP) is 2.24. The largest absolute Gasteiger partial charge is 0.321 e. The van der Waals surface area contributed by atoms with Gasteiger partial charge in [-0.1, -0.05) is 18.5 Å². The molecule has 0 radical (unpaired) electrons. The number of halogens is 2. The number of hydrogen-bond acceptors (Lipinski definition) is 7. The Morgan fingerprint density at radius 3 is 2.85 bits per heavy atom. The van der Waals surface area contributed by atoms with Crippen molar-refractivity contribution in [3.8, 4) is 5.95 Å². The van der Waals surface area contributed by atoms with E-state index >= 15 is 0 Å². The molecule has 0 unspecified atom stereocenters. The summed E-state index contributed by atoms with van der Waals surface area (Å²) in [5, 5.41) is 9.85. The summed E-state index contributed by atoms with van der Waals surface area (Å²) < 4.78 is 15.7. The summed E-state index contributed by atoms with van der Waals surface area (Å²) in [6.45, 7) is 3.96. The summed E-state index contributed by atoms with van der Waals surface area (Å²) in [6, 6.07) is 1.70. The summed E-state index contributed by atoms with van der Waals surface area (Å²) in [4.78, 5) is 16.8.